The molecule has 0 amide bonds. The second kappa shape index (κ2) is 10.1. The molecular weight excluding hydrogens is 574 g/mol. The van der Waals surface area contributed by atoms with Gasteiger partial charge in [0.15, 0.2) is 5.58 Å². The van der Waals surface area contributed by atoms with Crippen LogP contribution < -0.4 is 4.90 Å². The Kier molecular flexibility index (Phi) is 5.57. The van der Waals surface area contributed by atoms with Crippen LogP contribution in [0.4, 0.5) is 17.1 Å². The normalized spacial score (nSPS) is 11.8. The zero-order valence-electron chi connectivity index (χ0n) is 25.4. The molecule has 2 aromatic heterocycles. The van der Waals surface area contributed by atoms with Crippen LogP contribution in [0.5, 0.6) is 0 Å². The van der Waals surface area contributed by atoms with Crippen LogP contribution in [0.2, 0.25) is 0 Å². The van der Waals surface area contributed by atoms with E-state index in [1.807, 2.05) is 18.2 Å². The van der Waals surface area contributed by atoms with Gasteiger partial charge in [0.2, 0.25) is 0 Å². The first-order chi connectivity index (χ1) is 23.3. The Balaban J connectivity index is 1.38. The zero-order chi connectivity index (χ0) is 30.9. The van der Waals surface area contributed by atoms with Gasteiger partial charge in [0.25, 0.3) is 0 Å². The van der Waals surface area contributed by atoms with Gasteiger partial charge in [-0.15, -0.1) is 0 Å². The van der Waals surface area contributed by atoms with Crippen molar-refractivity contribution in [2.24, 2.45) is 0 Å². The van der Waals surface area contributed by atoms with Gasteiger partial charge in [0.05, 0.1) is 17.1 Å². The Labute approximate surface area is 270 Å². The molecule has 0 spiro atoms. The van der Waals surface area contributed by atoms with E-state index in [0.29, 0.717) is 0 Å². The maximum Gasteiger partial charge on any atom is 0.160 e. The SMILES string of the molecule is c1ccc(-c2ccc3c(oc4ccccc43)c2N(c2ccc3c(c2)oc2ccccc23)c2cc3ccccc3c3ccccc23)cc1. The van der Waals surface area contributed by atoms with Gasteiger partial charge in [-0.05, 0) is 58.1 Å². The summed E-state index contributed by atoms with van der Waals surface area (Å²) in [6.45, 7) is 0. The first-order valence-electron chi connectivity index (χ1n) is 15.9. The third-order valence-corrected chi connectivity index (χ3v) is 9.44. The highest BCUT2D eigenvalue weighted by Gasteiger charge is 2.26. The average Bonchev–Trinajstić information content (AvgIpc) is 3.70. The predicted molar refractivity (Wildman–Crippen MR) is 196 cm³/mol. The third-order valence-electron chi connectivity index (χ3n) is 9.44. The first kappa shape index (κ1) is 26.0. The quantitative estimate of drug-likeness (QED) is 0.188. The van der Waals surface area contributed by atoms with Crippen molar-refractivity contribution in [1.29, 1.82) is 0 Å². The van der Waals surface area contributed by atoms with E-state index < -0.39 is 0 Å². The molecule has 0 radical (unpaired) electrons. The highest BCUT2D eigenvalue weighted by atomic mass is 16.3. The molecule has 0 aliphatic heterocycles. The summed E-state index contributed by atoms with van der Waals surface area (Å²) in [5.41, 5.74) is 8.68. The second-order valence-corrected chi connectivity index (χ2v) is 12.1. The Morgan fingerprint density at radius 1 is 0.383 bits per heavy atom. The number of hydrogen-bond donors (Lipinski definition) is 0. The van der Waals surface area contributed by atoms with Crippen molar-refractivity contribution in [3.8, 4) is 11.1 Å². The van der Waals surface area contributed by atoms with Gasteiger partial charge in [-0.25, -0.2) is 0 Å². The van der Waals surface area contributed by atoms with Gasteiger partial charge in [0, 0.05) is 38.6 Å². The highest BCUT2D eigenvalue weighted by Crippen LogP contribution is 2.50. The van der Waals surface area contributed by atoms with Crippen molar-refractivity contribution in [2.75, 3.05) is 4.90 Å². The van der Waals surface area contributed by atoms with Crippen molar-refractivity contribution >= 4 is 82.5 Å². The number of rotatable bonds is 4. The fraction of sp³-hybridized carbons (Fsp3) is 0. The largest absolute Gasteiger partial charge is 0.456 e. The van der Waals surface area contributed by atoms with Crippen molar-refractivity contribution in [2.45, 2.75) is 0 Å². The Hall–Kier alpha value is -6.32. The van der Waals surface area contributed by atoms with Crippen LogP contribution >= 0.6 is 0 Å². The number of hydrogen-bond acceptors (Lipinski definition) is 3. The van der Waals surface area contributed by atoms with Crippen LogP contribution in [0.1, 0.15) is 0 Å². The van der Waals surface area contributed by atoms with Gasteiger partial charge >= 0.3 is 0 Å². The molecule has 0 atom stereocenters. The van der Waals surface area contributed by atoms with Crippen LogP contribution in [0.15, 0.2) is 173 Å². The van der Waals surface area contributed by atoms with Crippen molar-refractivity contribution in [3.05, 3.63) is 164 Å². The summed E-state index contributed by atoms with van der Waals surface area (Å²) in [4.78, 5) is 2.38. The van der Waals surface area contributed by atoms with E-state index >= 15 is 0 Å². The summed E-state index contributed by atoms with van der Waals surface area (Å²) >= 11 is 0. The van der Waals surface area contributed by atoms with Gasteiger partial charge in [-0.1, -0.05) is 121 Å². The summed E-state index contributed by atoms with van der Waals surface area (Å²) in [6, 6.07) is 57.8. The van der Waals surface area contributed by atoms with E-state index in [-0.39, 0.29) is 0 Å². The second-order valence-electron chi connectivity index (χ2n) is 12.1. The molecule has 0 N–H and O–H groups in total. The van der Waals surface area contributed by atoms with Gasteiger partial charge in [-0.2, -0.15) is 0 Å². The summed E-state index contributed by atoms with van der Waals surface area (Å²) in [7, 11) is 0. The summed E-state index contributed by atoms with van der Waals surface area (Å²) in [6.07, 6.45) is 0. The average molecular weight is 602 g/mol. The van der Waals surface area contributed by atoms with Gasteiger partial charge in [0.1, 0.15) is 16.7 Å². The van der Waals surface area contributed by atoms with Gasteiger partial charge < -0.3 is 13.7 Å². The molecule has 0 unspecified atom stereocenters. The number of benzene rings is 8. The lowest BCUT2D eigenvalue weighted by Crippen LogP contribution is -2.12. The van der Waals surface area contributed by atoms with E-state index in [9.17, 15) is 0 Å². The zero-order valence-corrected chi connectivity index (χ0v) is 25.4. The molecule has 0 fully saturated rings. The smallest absolute Gasteiger partial charge is 0.160 e. The summed E-state index contributed by atoms with van der Waals surface area (Å²) in [5.74, 6) is 0. The van der Waals surface area contributed by atoms with Crippen LogP contribution in [0.3, 0.4) is 0 Å². The summed E-state index contributed by atoms with van der Waals surface area (Å²) in [5, 5.41) is 9.14. The van der Waals surface area contributed by atoms with Gasteiger partial charge in [-0.3, -0.25) is 0 Å². The number of nitrogens with zero attached hydrogens (tertiary/aromatic N) is 1. The Morgan fingerprint density at radius 2 is 0.979 bits per heavy atom. The monoisotopic (exact) mass is 601 g/mol. The Morgan fingerprint density at radius 3 is 1.79 bits per heavy atom. The third kappa shape index (κ3) is 3.93. The molecule has 220 valence electrons. The van der Waals surface area contributed by atoms with E-state index in [0.717, 1.165) is 77.5 Å². The Bertz CT molecular complexity index is 2810. The molecule has 8 aromatic carbocycles. The van der Waals surface area contributed by atoms with Crippen LogP contribution in [-0.4, -0.2) is 0 Å². The van der Waals surface area contributed by atoms with Crippen molar-refractivity contribution < 1.29 is 8.83 Å². The van der Waals surface area contributed by atoms with E-state index in [2.05, 4.69) is 150 Å². The van der Waals surface area contributed by atoms with Crippen molar-refractivity contribution in [1.82, 2.24) is 0 Å². The lowest BCUT2D eigenvalue weighted by Gasteiger charge is -2.29. The molecular formula is C44H27NO2. The molecule has 10 rings (SSSR count). The van der Waals surface area contributed by atoms with Crippen LogP contribution in [0, 0.1) is 0 Å². The number of fused-ring (bicyclic) bond motifs is 9. The fourth-order valence-electron chi connectivity index (χ4n) is 7.31. The maximum absolute atomic E-state index is 6.84. The predicted octanol–water partition coefficient (Wildman–Crippen LogP) is 12.9. The summed E-state index contributed by atoms with van der Waals surface area (Å²) < 4.78 is 13.3. The minimum absolute atomic E-state index is 0.842. The molecule has 3 nitrogen and oxygen atoms in total. The van der Waals surface area contributed by atoms with Crippen LogP contribution in [-0.2, 0) is 0 Å². The van der Waals surface area contributed by atoms with Crippen LogP contribution in [0.25, 0.3) is 76.5 Å². The number of anilines is 3. The molecule has 0 bridgehead atoms. The van der Waals surface area contributed by atoms with E-state index in [4.69, 9.17) is 8.83 Å². The highest BCUT2D eigenvalue weighted by molar-refractivity contribution is 6.19. The number of furan rings is 2. The molecule has 0 saturated heterocycles. The standard InChI is InChI=1S/C44H27NO2/c1-2-12-28(13-3-1)32-24-25-38-36-19-9-11-21-41(36)47-44(38)43(32)45(30-22-23-37-35-18-8-10-20-40(35)46-42(37)27-30)39-26-29-14-4-5-15-31(29)33-16-6-7-17-34(33)39/h1-27H. The lowest BCUT2D eigenvalue weighted by atomic mass is 9.96. The minimum Gasteiger partial charge on any atom is -0.456 e. The molecule has 0 aliphatic rings. The molecule has 10 aromatic rings. The first-order valence-corrected chi connectivity index (χ1v) is 15.9. The minimum atomic E-state index is 0.842. The molecule has 0 aliphatic carbocycles. The maximum atomic E-state index is 6.84. The molecule has 0 saturated carbocycles. The van der Waals surface area contributed by atoms with E-state index in [1.54, 1.807) is 0 Å². The lowest BCUT2D eigenvalue weighted by molar-refractivity contribution is 0.667. The van der Waals surface area contributed by atoms with E-state index in [1.165, 1.54) is 16.2 Å². The fourth-order valence-corrected chi connectivity index (χ4v) is 7.31. The topological polar surface area (TPSA) is 29.5 Å². The number of para-hydroxylation sites is 2. The molecule has 2 heterocycles. The molecule has 47 heavy (non-hydrogen) atoms. The van der Waals surface area contributed by atoms with Crippen molar-refractivity contribution in [3.63, 3.8) is 0 Å². The molecule has 3 heteroatoms.